The summed E-state index contributed by atoms with van der Waals surface area (Å²) in [5, 5.41) is 6.10. The lowest BCUT2D eigenvalue weighted by Crippen LogP contribution is -2.44. The van der Waals surface area contributed by atoms with Crippen molar-refractivity contribution in [2.75, 3.05) is 20.8 Å². The Balaban J connectivity index is 1.73. The average molecular weight is 537 g/mol. The van der Waals surface area contributed by atoms with E-state index in [1.165, 1.54) is 24.9 Å². The highest BCUT2D eigenvalue weighted by Crippen LogP contribution is 2.30. The average Bonchev–Trinajstić information content (AvgIpc) is 2.96. The van der Waals surface area contributed by atoms with Gasteiger partial charge in [0.2, 0.25) is 5.91 Å². The molecule has 1 aliphatic rings. The molecule has 0 radical (unpaired) electrons. The molecule has 2 N–H and O–H groups in total. The summed E-state index contributed by atoms with van der Waals surface area (Å²) in [4.78, 5) is 52.5. The fourth-order valence-corrected chi connectivity index (χ4v) is 4.98. The van der Waals surface area contributed by atoms with Gasteiger partial charge < -0.3 is 20.1 Å². The van der Waals surface area contributed by atoms with Gasteiger partial charge in [-0.05, 0) is 43.0 Å². The standard InChI is InChI=1S/C29H36N4O6/c1-4-14-30-27(35)20-12-10-19(11-13-20)17-33-28(36)22-15-24(38-2)25(39-3)16-23(22)32(29(33)37)18-26(34)31-21-8-6-5-7-9-21/h10-13,15-16,21H,4-9,14,17-18H2,1-3H3,(H,30,35)(H,31,34). The Bertz CT molecular complexity index is 1450. The van der Waals surface area contributed by atoms with Crippen molar-refractivity contribution < 1.29 is 19.1 Å². The molecule has 1 heterocycles. The van der Waals surface area contributed by atoms with Crippen LogP contribution in [0.25, 0.3) is 10.9 Å². The SMILES string of the molecule is CCCNC(=O)c1ccc(Cn2c(=O)c3cc(OC)c(OC)cc3n(CC(=O)NC3CCCCC3)c2=O)cc1. The summed E-state index contributed by atoms with van der Waals surface area (Å²) in [5.41, 5.74) is 0.333. The highest BCUT2D eigenvalue weighted by atomic mass is 16.5. The Labute approximate surface area is 226 Å². The number of ether oxygens (including phenoxy) is 2. The van der Waals surface area contributed by atoms with Gasteiger partial charge >= 0.3 is 5.69 Å². The van der Waals surface area contributed by atoms with Gasteiger partial charge in [-0.3, -0.25) is 23.5 Å². The zero-order chi connectivity index (χ0) is 27.9. The van der Waals surface area contributed by atoms with Crippen LogP contribution in [0.2, 0.25) is 0 Å². The molecule has 39 heavy (non-hydrogen) atoms. The lowest BCUT2D eigenvalue weighted by molar-refractivity contribution is -0.122. The number of nitrogens with one attached hydrogen (secondary N) is 2. The zero-order valence-corrected chi connectivity index (χ0v) is 22.7. The van der Waals surface area contributed by atoms with Crippen LogP contribution in [0.3, 0.4) is 0 Å². The molecule has 0 spiro atoms. The summed E-state index contributed by atoms with van der Waals surface area (Å²) in [5.74, 6) is 0.222. The second kappa shape index (κ2) is 12.6. The third-order valence-electron chi connectivity index (χ3n) is 7.09. The maximum atomic E-state index is 13.7. The van der Waals surface area contributed by atoms with Crippen molar-refractivity contribution >= 4 is 22.7 Å². The molecule has 0 bridgehead atoms. The van der Waals surface area contributed by atoms with Crippen molar-refractivity contribution in [3.05, 3.63) is 68.4 Å². The van der Waals surface area contributed by atoms with Gasteiger partial charge in [-0.2, -0.15) is 0 Å². The molecule has 10 heteroatoms. The molecular formula is C29H36N4O6. The number of hydrogen-bond donors (Lipinski definition) is 2. The minimum atomic E-state index is -0.608. The minimum absolute atomic E-state index is 0.0247. The minimum Gasteiger partial charge on any atom is -0.493 e. The summed E-state index contributed by atoms with van der Waals surface area (Å²) in [6.07, 6.45) is 5.95. The van der Waals surface area contributed by atoms with Crippen LogP contribution in [-0.2, 0) is 17.9 Å². The van der Waals surface area contributed by atoms with Crippen molar-refractivity contribution in [1.29, 1.82) is 0 Å². The predicted molar refractivity (Wildman–Crippen MR) is 149 cm³/mol. The maximum absolute atomic E-state index is 13.7. The van der Waals surface area contributed by atoms with Gasteiger partial charge in [0.1, 0.15) is 6.54 Å². The van der Waals surface area contributed by atoms with Crippen molar-refractivity contribution in [2.24, 2.45) is 0 Å². The number of carbonyl (C=O) groups excluding carboxylic acids is 2. The number of fused-ring (bicyclic) bond motifs is 1. The van der Waals surface area contributed by atoms with E-state index in [0.717, 1.165) is 43.1 Å². The molecule has 0 aliphatic heterocycles. The first-order chi connectivity index (χ1) is 18.9. The summed E-state index contributed by atoms with van der Waals surface area (Å²) >= 11 is 0. The van der Waals surface area contributed by atoms with Crippen molar-refractivity contribution in [3.8, 4) is 11.5 Å². The van der Waals surface area contributed by atoms with Gasteiger partial charge in [0.05, 0.1) is 31.7 Å². The van der Waals surface area contributed by atoms with E-state index >= 15 is 0 Å². The molecule has 3 aromatic rings. The van der Waals surface area contributed by atoms with Crippen molar-refractivity contribution in [3.63, 3.8) is 0 Å². The fourth-order valence-electron chi connectivity index (χ4n) is 4.98. The van der Waals surface area contributed by atoms with Gasteiger partial charge in [0.25, 0.3) is 11.5 Å². The Kier molecular flexibility index (Phi) is 9.06. The Morgan fingerprint density at radius 2 is 1.62 bits per heavy atom. The number of amides is 2. The van der Waals surface area contributed by atoms with Gasteiger partial charge in [-0.1, -0.05) is 38.3 Å². The molecule has 1 saturated carbocycles. The van der Waals surface area contributed by atoms with Crippen LogP contribution in [0.5, 0.6) is 11.5 Å². The topological polar surface area (TPSA) is 121 Å². The van der Waals surface area contributed by atoms with Crippen LogP contribution in [0, 0.1) is 0 Å². The Morgan fingerprint density at radius 3 is 2.26 bits per heavy atom. The third-order valence-corrected chi connectivity index (χ3v) is 7.09. The molecule has 1 aliphatic carbocycles. The number of nitrogens with zero attached hydrogens (tertiary/aromatic N) is 2. The van der Waals surface area contributed by atoms with E-state index in [0.29, 0.717) is 34.7 Å². The van der Waals surface area contributed by atoms with Crippen LogP contribution in [0.4, 0.5) is 0 Å². The molecule has 4 rings (SSSR count). The molecule has 0 atom stereocenters. The van der Waals surface area contributed by atoms with Crippen LogP contribution < -0.4 is 31.4 Å². The predicted octanol–water partition coefficient (Wildman–Crippen LogP) is 2.82. The normalized spacial score (nSPS) is 13.7. The molecule has 10 nitrogen and oxygen atoms in total. The Morgan fingerprint density at radius 1 is 0.949 bits per heavy atom. The van der Waals surface area contributed by atoms with Gasteiger partial charge in [-0.25, -0.2) is 4.79 Å². The van der Waals surface area contributed by atoms with E-state index in [2.05, 4.69) is 10.6 Å². The van der Waals surface area contributed by atoms with Gasteiger partial charge in [0.15, 0.2) is 11.5 Å². The third kappa shape index (κ3) is 6.32. The number of aromatic nitrogens is 2. The number of hydrogen-bond acceptors (Lipinski definition) is 6. The first-order valence-corrected chi connectivity index (χ1v) is 13.4. The van der Waals surface area contributed by atoms with E-state index < -0.39 is 11.2 Å². The van der Waals surface area contributed by atoms with E-state index in [-0.39, 0.29) is 36.3 Å². The van der Waals surface area contributed by atoms with Crippen molar-refractivity contribution in [2.45, 2.75) is 64.6 Å². The highest BCUT2D eigenvalue weighted by Gasteiger charge is 2.21. The quantitative estimate of drug-likeness (QED) is 0.411. The second-order valence-electron chi connectivity index (χ2n) is 9.84. The fraction of sp³-hybridized carbons (Fsp3) is 0.448. The number of methoxy groups -OCH3 is 2. The molecule has 0 saturated heterocycles. The van der Waals surface area contributed by atoms with Gasteiger partial charge in [-0.15, -0.1) is 0 Å². The maximum Gasteiger partial charge on any atom is 0.332 e. The molecule has 2 amide bonds. The van der Waals surface area contributed by atoms with Crippen LogP contribution in [-0.4, -0.2) is 47.8 Å². The molecule has 0 unspecified atom stereocenters. The smallest absolute Gasteiger partial charge is 0.332 e. The molecule has 1 fully saturated rings. The van der Waals surface area contributed by atoms with Crippen LogP contribution in [0.15, 0.2) is 46.0 Å². The van der Waals surface area contributed by atoms with E-state index in [1.807, 2.05) is 6.92 Å². The summed E-state index contributed by atoms with van der Waals surface area (Å²) in [6, 6.07) is 9.92. The number of carbonyl (C=O) groups is 2. The van der Waals surface area contributed by atoms with E-state index in [1.54, 1.807) is 30.3 Å². The molecular weight excluding hydrogens is 500 g/mol. The first kappa shape index (κ1) is 27.9. The lowest BCUT2D eigenvalue weighted by Gasteiger charge is -2.23. The van der Waals surface area contributed by atoms with Crippen molar-refractivity contribution in [1.82, 2.24) is 19.8 Å². The summed E-state index contributed by atoms with van der Waals surface area (Å²) in [6.45, 7) is 2.29. The highest BCUT2D eigenvalue weighted by molar-refractivity contribution is 5.94. The number of rotatable bonds is 10. The Hall–Kier alpha value is -4.08. The molecule has 2 aromatic carbocycles. The zero-order valence-electron chi connectivity index (χ0n) is 22.7. The largest absolute Gasteiger partial charge is 0.493 e. The molecule has 208 valence electrons. The number of benzene rings is 2. The second-order valence-corrected chi connectivity index (χ2v) is 9.84. The van der Waals surface area contributed by atoms with E-state index in [9.17, 15) is 19.2 Å². The summed E-state index contributed by atoms with van der Waals surface area (Å²) in [7, 11) is 2.93. The van der Waals surface area contributed by atoms with Crippen LogP contribution in [0.1, 0.15) is 61.4 Å². The van der Waals surface area contributed by atoms with Crippen LogP contribution >= 0.6 is 0 Å². The molecule has 1 aromatic heterocycles. The lowest BCUT2D eigenvalue weighted by atomic mass is 9.95. The monoisotopic (exact) mass is 536 g/mol. The van der Waals surface area contributed by atoms with Gasteiger partial charge in [0, 0.05) is 24.2 Å². The van der Waals surface area contributed by atoms with E-state index in [4.69, 9.17) is 9.47 Å². The summed E-state index contributed by atoms with van der Waals surface area (Å²) < 4.78 is 13.2. The first-order valence-electron chi connectivity index (χ1n) is 13.4.